The van der Waals surface area contributed by atoms with Crippen LogP contribution in [0.3, 0.4) is 0 Å². The molecule has 3 N–H and O–H groups in total. The third-order valence-electron chi connectivity index (χ3n) is 3.15. The van der Waals surface area contributed by atoms with Crippen LogP contribution in [-0.2, 0) is 14.2 Å². The second-order valence-corrected chi connectivity index (χ2v) is 4.36. The van der Waals surface area contributed by atoms with E-state index in [0.717, 1.165) is 0 Å². The van der Waals surface area contributed by atoms with Crippen LogP contribution in [0.15, 0.2) is 18.2 Å². The summed E-state index contributed by atoms with van der Waals surface area (Å²) in [6.07, 6.45) is -0.0267. The van der Waals surface area contributed by atoms with E-state index in [1.807, 2.05) is 0 Å². The minimum atomic E-state index is -0.394. The van der Waals surface area contributed by atoms with E-state index in [-0.39, 0.29) is 12.1 Å². The lowest BCUT2D eigenvalue weighted by Gasteiger charge is -2.20. The number of rotatable bonds is 4. The smallest absolute Gasteiger partial charge is 0.337 e. The second-order valence-electron chi connectivity index (χ2n) is 4.36. The Bertz CT molecular complexity index is 464. The van der Waals surface area contributed by atoms with E-state index in [1.54, 1.807) is 25.3 Å². The molecule has 1 aliphatic heterocycles. The van der Waals surface area contributed by atoms with Crippen molar-refractivity contribution in [2.45, 2.75) is 12.1 Å². The van der Waals surface area contributed by atoms with Gasteiger partial charge in [0.2, 0.25) is 0 Å². The molecule has 1 heterocycles. The molecule has 1 aliphatic rings. The second kappa shape index (κ2) is 5.90. The maximum Gasteiger partial charge on any atom is 0.337 e. The van der Waals surface area contributed by atoms with Gasteiger partial charge in [0, 0.05) is 7.11 Å². The van der Waals surface area contributed by atoms with Crippen molar-refractivity contribution in [2.24, 2.45) is 0 Å². The highest BCUT2D eigenvalue weighted by Gasteiger charge is 2.28. The summed E-state index contributed by atoms with van der Waals surface area (Å²) in [5.74, 6) is -0.394. The van der Waals surface area contributed by atoms with Crippen molar-refractivity contribution in [1.29, 1.82) is 0 Å². The number of carbonyl (C=O) groups excluding carboxylic acids is 1. The van der Waals surface area contributed by atoms with Crippen LogP contribution in [0.5, 0.6) is 0 Å². The van der Waals surface area contributed by atoms with E-state index in [4.69, 9.17) is 15.2 Å². The molecule has 0 bridgehead atoms. The summed E-state index contributed by atoms with van der Waals surface area (Å²) in [4.78, 5) is 11.5. The highest BCUT2D eigenvalue weighted by molar-refractivity contribution is 5.92. The molecule has 2 rings (SSSR count). The zero-order chi connectivity index (χ0) is 13.8. The summed E-state index contributed by atoms with van der Waals surface area (Å²) in [6, 6.07) is 4.99. The van der Waals surface area contributed by atoms with Gasteiger partial charge in [-0.15, -0.1) is 0 Å². The molecule has 0 radical (unpaired) electrons. The number of carbonyl (C=O) groups is 1. The summed E-state index contributed by atoms with van der Waals surface area (Å²) < 4.78 is 15.4. The first-order valence-electron chi connectivity index (χ1n) is 6.00. The summed E-state index contributed by atoms with van der Waals surface area (Å²) in [5, 5.41) is 3.25. The van der Waals surface area contributed by atoms with Gasteiger partial charge in [0.15, 0.2) is 0 Å². The lowest BCUT2D eigenvalue weighted by Crippen LogP contribution is -2.33. The Morgan fingerprint density at radius 2 is 2.21 bits per heavy atom. The van der Waals surface area contributed by atoms with Crippen LogP contribution in [-0.4, -0.2) is 45.5 Å². The maximum absolute atomic E-state index is 11.5. The fourth-order valence-electron chi connectivity index (χ4n) is 2.03. The van der Waals surface area contributed by atoms with E-state index in [9.17, 15) is 4.79 Å². The van der Waals surface area contributed by atoms with Crippen LogP contribution in [0.2, 0.25) is 0 Å². The zero-order valence-electron chi connectivity index (χ0n) is 11.0. The van der Waals surface area contributed by atoms with Crippen molar-refractivity contribution >= 4 is 17.3 Å². The third kappa shape index (κ3) is 2.97. The number of hydrogen-bond donors (Lipinski definition) is 2. The standard InChI is InChI=1S/C13H18N2O4/c1-17-12-7-19-6-11(12)15-10-5-8(13(16)18-2)3-4-9(10)14/h3-5,11-12,15H,6-7,14H2,1-2H3. The molecule has 1 aromatic rings. The molecule has 1 saturated heterocycles. The number of methoxy groups -OCH3 is 2. The molecule has 104 valence electrons. The van der Waals surface area contributed by atoms with Crippen LogP contribution in [0.4, 0.5) is 11.4 Å². The predicted octanol–water partition coefficient (Wildman–Crippen LogP) is 0.881. The SMILES string of the molecule is COC(=O)c1ccc(N)c(NC2COCC2OC)c1. The Morgan fingerprint density at radius 3 is 2.89 bits per heavy atom. The van der Waals surface area contributed by atoms with Gasteiger partial charge in [-0.25, -0.2) is 4.79 Å². The monoisotopic (exact) mass is 266 g/mol. The fraction of sp³-hybridized carbons (Fsp3) is 0.462. The molecular formula is C13H18N2O4. The van der Waals surface area contributed by atoms with Crippen molar-refractivity contribution in [3.8, 4) is 0 Å². The Hall–Kier alpha value is -1.79. The summed E-state index contributed by atoms with van der Waals surface area (Å²) in [5.41, 5.74) is 7.60. The summed E-state index contributed by atoms with van der Waals surface area (Å²) >= 11 is 0. The molecule has 0 amide bonds. The van der Waals surface area contributed by atoms with Crippen molar-refractivity contribution in [1.82, 2.24) is 0 Å². The van der Waals surface area contributed by atoms with Crippen molar-refractivity contribution < 1.29 is 19.0 Å². The largest absolute Gasteiger partial charge is 0.465 e. The first-order valence-corrected chi connectivity index (χ1v) is 6.00. The van der Waals surface area contributed by atoms with E-state index in [0.29, 0.717) is 30.2 Å². The average molecular weight is 266 g/mol. The van der Waals surface area contributed by atoms with Crippen LogP contribution in [0.25, 0.3) is 0 Å². The number of nitrogen functional groups attached to an aromatic ring is 1. The first-order chi connectivity index (χ1) is 9.15. The van der Waals surface area contributed by atoms with E-state index in [2.05, 4.69) is 10.1 Å². The summed E-state index contributed by atoms with van der Waals surface area (Å²) in [6.45, 7) is 1.09. The van der Waals surface area contributed by atoms with Gasteiger partial charge in [0.25, 0.3) is 0 Å². The minimum absolute atomic E-state index is 0.0141. The van der Waals surface area contributed by atoms with Gasteiger partial charge in [-0.05, 0) is 18.2 Å². The molecule has 6 heteroatoms. The van der Waals surface area contributed by atoms with Gasteiger partial charge in [0.1, 0.15) is 6.10 Å². The highest BCUT2D eigenvalue weighted by atomic mass is 16.5. The molecule has 0 aromatic heterocycles. The molecule has 6 nitrogen and oxygen atoms in total. The van der Waals surface area contributed by atoms with Gasteiger partial charge in [-0.1, -0.05) is 0 Å². The number of esters is 1. The minimum Gasteiger partial charge on any atom is -0.465 e. The lowest BCUT2D eigenvalue weighted by atomic mass is 10.1. The Labute approximate surface area is 111 Å². The maximum atomic E-state index is 11.5. The molecule has 2 atom stereocenters. The molecule has 19 heavy (non-hydrogen) atoms. The van der Waals surface area contributed by atoms with Crippen molar-refractivity contribution in [2.75, 3.05) is 38.5 Å². The van der Waals surface area contributed by atoms with E-state index in [1.165, 1.54) is 7.11 Å². The van der Waals surface area contributed by atoms with Crippen LogP contribution < -0.4 is 11.1 Å². The molecule has 0 saturated carbocycles. The normalized spacial score (nSPS) is 22.2. The van der Waals surface area contributed by atoms with Crippen LogP contribution >= 0.6 is 0 Å². The van der Waals surface area contributed by atoms with E-state index < -0.39 is 5.97 Å². The quantitative estimate of drug-likeness (QED) is 0.622. The molecular weight excluding hydrogens is 248 g/mol. The Kier molecular flexibility index (Phi) is 4.24. The van der Waals surface area contributed by atoms with Crippen LogP contribution in [0.1, 0.15) is 10.4 Å². The van der Waals surface area contributed by atoms with Gasteiger partial charge in [-0.3, -0.25) is 0 Å². The zero-order valence-corrected chi connectivity index (χ0v) is 11.0. The lowest BCUT2D eigenvalue weighted by molar-refractivity contribution is 0.0601. The number of nitrogens with one attached hydrogen (secondary N) is 1. The Morgan fingerprint density at radius 1 is 1.42 bits per heavy atom. The molecule has 2 unspecified atom stereocenters. The van der Waals surface area contributed by atoms with Gasteiger partial charge in [-0.2, -0.15) is 0 Å². The van der Waals surface area contributed by atoms with Gasteiger partial charge in [0.05, 0.1) is 43.3 Å². The average Bonchev–Trinajstić information content (AvgIpc) is 2.87. The van der Waals surface area contributed by atoms with Crippen molar-refractivity contribution in [3.63, 3.8) is 0 Å². The predicted molar refractivity (Wildman–Crippen MR) is 71.2 cm³/mol. The molecule has 0 spiro atoms. The third-order valence-corrected chi connectivity index (χ3v) is 3.15. The fourth-order valence-corrected chi connectivity index (χ4v) is 2.03. The highest BCUT2D eigenvalue weighted by Crippen LogP contribution is 2.24. The van der Waals surface area contributed by atoms with Gasteiger partial charge < -0.3 is 25.3 Å². The van der Waals surface area contributed by atoms with Crippen molar-refractivity contribution in [3.05, 3.63) is 23.8 Å². The number of nitrogens with two attached hydrogens (primary N) is 1. The van der Waals surface area contributed by atoms with E-state index >= 15 is 0 Å². The van der Waals surface area contributed by atoms with Crippen LogP contribution in [0, 0.1) is 0 Å². The Balaban J connectivity index is 2.17. The van der Waals surface area contributed by atoms with Gasteiger partial charge >= 0.3 is 5.97 Å². The number of anilines is 2. The molecule has 1 fully saturated rings. The topological polar surface area (TPSA) is 82.8 Å². The first kappa shape index (κ1) is 13.6. The number of ether oxygens (including phenoxy) is 3. The molecule has 1 aromatic carbocycles. The summed E-state index contributed by atoms with van der Waals surface area (Å²) in [7, 11) is 2.99. The number of hydrogen-bond acceptors (Lipinski definition) is 6. The molecule has 0 aliphatic carbocycles. The number of benzene rings is 1.